The zero-order valence-corrected chi connectivity index (χ0v) is 11.1. The molecule has 2 aliphatic heterocycles. The average molecular weight is 244 g/mol. The third-order valence-electron chi connectivity index (χ3n) is 5.30. The molecule has 18 heavy (non-hydrogen) atoms. The molecular formula is C16H20O2. The van der Waals surface area contributed by atoms with Crippen LogP contribution in [0.1, 0.15) is 38.4 Å². The number of para-hydroxylation sites is 1. The summed E-state index contributed by atoms with van der Waals surface area (Å²) >= 11 is 0. The number of benzene rings is 1. The Bertz CT molecular complexity index is 484. The molecule has 2 heteroatoms. The van der Waals surface area contributed by atoms with Gasteiger partial charge in [0.2, 0.25) is 0 Å². The Morgan fingerprint density at radius 1 is 1.28 bits per heavy atom. The van der Waals surface area contributed by atoms with Gasteiger partial charge in [-0.2, -0.15) is 0 Å². The fourth-order valence-electron chi connectivity index (χ4n) is 4.27. The molecule has 2 heterocycles. The Kier molecular flexibility index (Phi) is 2.12. The summed E-state index contributed by atoms with van der Waals surface area (Å²) in [7, 11) is 0. The van der Waals surface area contributed by atoms with Crippen molar-refractivity contribution >= 4 is 0 Å². The van der Waals surface area contributed by atoms with Crippen molar-refractivity contribution in [3.63, 3.8) is 0 Å². The van der Waals surface area contributed by atoms with Gasteiger partial charge in [-0.15, -0.1) is 0 Å². The normalized spacial score (nSPS) is 45.0. The summed E-state index contributed by atoms with van der Waals surface area (Å²) < 4.78 is 12.6. The van der Waals surface area contributed by atoms with E-state index in [2.05, 4.69) is 38.1 Å². The summed E-state index contributed by atoms with van der Waals surface area (Å²) in [5, 5.41) is 0. The van der Waals surface area contributed by atoms with Gasteiger partial charge in [0.25, 0.3) is 0 Å². The van der Waals surface area contributed by atoms with Crippen LogP contribution in [0.15, 0.2) is 24.3 Å². The lowest BCUT2D eigenvalue weighted by Gasteiger charge is -2.55. The Hall–Kier alpha value is -1.02. The van der Waals surface area contributed by atoms with Crippen LogP contribution in [-0.2, 0) is 4.74 Å². The second kappa shape index (κ2) is 3.51. The second-order valence-corrected chi connectivity index (χ2v) is 6.49. The molecule has 5 atom stereocenters. The van der Waals surface area contributed by atoms with Crippen LogP contribution in [0.25, 0.3) is 0 Å². The Morgan fingerprint density at radius 3 is 3.00 bits per heavy atom. The van der Waals surface area contributed by atoms with E-state index >= 15 is 0 Å². The molecule has 2 bridgehead atoms. The molecule has 1 saturated carbocycles. The molecule has 0 aromatic heterocycles. The van der Waals surface area contributed by atoms with E-state index in [1.807, 2.05) is 0 Å². The maximum atomic E-state index is 6.37. The number of hydrogen-bond acceptors (Lipinski definition) is 2. The number of hydrogen-bond donors (Lipinski definition) is 0. The maximum absolute atomic E-state index is 6.37. The van der Waals surface area contributed by atoms with Gasteiger partial charge in [-0.25, -0.2) is 0 Å². The summed E-state index contributed by atoms with van der Waals surface area (Å²) in [5.41, 5.74) is 1.23. The lowest BCUT2D eigenvalue weighted by Crippen LogP contribution is -2.56. The van der Waals surface area contributed by atoms with Gasteiger partial charge in [-0.05, 0) is 37.7 Å². The Balaban J connectivity index is 1.83. The molecule has 0 amide bonds. The molecule has 1 aliphatic carbocycles. The predicted molar refractivity (Wildman–Crippen MR) is 69.5 cm³/mol. The molecule has 0 radical (unpaired) electrons. The monoisotopic (exact) mass is 244 g/mol. The smallest absolute Gasteiger partial charge is 0.125 e. The third kappa shape index (κ3) is 1.33. The maximum Gasteiger partial charge on any atom is 0.125 e. The zero-order valence-electron chi connectivity index (χ0n) is 11.1. The summed E-state index contributed by atoms with van der Waals surface area (Å²) in [6.45, 7) is 5.55. The molecule has 4 rings (SSSR count). The highest BCUT2D eigenvalue weighted by atomic mass is 16.5. The zero-order chi connectivity index (χ0) is 12.3. The van der Waals surface area contributed by atoms with Crippen LogP contribution in [-0.4, -0.2) is 12.2 Å². The quantitative estimate of drug-likeness (QED) is 0.694. The first-order valence-corrected chi connectivity index (χ1v) is 7.07. The fourth-order valence-corrected chi connectivity index (χ4v) is 4.27. The van der Waals surface area contributed by atoms with Gasteiger partial charge in [-0.1, -0.05) is 25.1 Å². The molecule has 2 nitrogen and oxygen atoms in total. The van der Waals surface area contributed by atoms with Gasteiger partial charge < -0.3 is 9.47 Å². The van der Waals surface area contributed by atoms with Crippen molar-refractivity contribution < 1.29 is 9.47 Å². The highest BCUT2D eigenvalue weighted by Crippen LogP contribution is 2.56. The van der Waals surface area contributed by atoms with Crippen molar-refractivity contribution in [3.05, 3.63) is 29.8 Å². The number of fused-ring (bicyclic) bond motifs is 3. The van der Waals surface area contributed by atoms with E-state index in [1.54, 1.807) is 0 Å². The minimum atomic E-state index is -0.0324. The van der Waals surface area contributed by atoms with Crippen LogP contribution < -0.4 is 4.74 Å². The van der Waals surface area contributed by atoms with E-state index in [0.717, 1.165) is 24.7 Å². The first-order valence-electron chi connectivity index (χ1n) is 7.07. The summed E-state index contributed by atoms with van der Waals surface area (Å²) in [6, 6.07) is 8.40. The van der Waals surface area contributed by atoms with Crippen molar-refractivity contribution in [1.29, 1.82) is 0 Å². The first kappa shape index (κ1) is 10.9. The van der Waals surface area contributed by atoms with Crippen LogP contribution in [0.4, 0.5) is 0 Å². The Labute approximate surface area is 108 Å². The molecule has 1 aromatic rings. The summed E-state index contributed by atoms with van der Waals surface area (Å²) in [5.74, 6) is 3.00. The SMILES string of the molecule is CC1C[C@]2(C)Oc3ccccc3[C@@H]3OC[C@H]1CC32. The van der Waals surface area contributed by atoms with Gasteiger partial charge >= 0.3 is 0 Å². The lowest BCUT2D eigenvalue weighted by molar-refractivity contribution is -0.184. The van der Waals surface area contributed by atoms with E-state index in [-0.39, 0.29) is 11.7 Å². The molecule has 0 spiro atoms. The molecule has 96 valence electrons. The van der Waals surface area contributed by atoms with Crippen molar-refractivity contribution in [3.8, 4) is 5.75 Å². The van der Waals surface area contributed by atoms with E-state index in [1.165, 1.54) is 12.0 Å². The van der Waals surface area contributed by atoms with E-state index in [0.29, 0.717) is 11.8 Å². The standard InChI is InChI=1S/C16H20O2/c1-10-8-16(2)13-7-11(10)9-17-15(13)12-5-3-4-6-14(12)18-16/h3-6,10-11,13,15H,7-9H2,1-2H3/t10?,11-,13?,15+,16+/m1/s1. The highest BCUT2D eigenvalue weighted by Gasteiger charge is 2.54. The Morgan fingerprint density at radius 2 is 2.11 bits per heavy atom. The summed E-state index contributed by atoms with van der Waals surface area (Å²) in [4.78, 5) is 0. The fraction of sp³-hybridized carbons (Fsp3) is 0.625. The summed E-state index contributed by atoms with van der Waals surface area (Å²) in [6.07, 6.45) is 2.68. The van der Waals surface area contributed by atoms with Gasteiger partial charge in [0.1, 0.15) is 11.4 Å². The third-order valence-corrected chi connectivity index (χ3v) is 5.30. The van der Waals surface area contributed by atoms with Gasteiger partial charge in [-0.3, -0.25) is 0 Å². The average Bonchev–Trinajstić information content (AvgIpc) is 2.37. The first-order chi connectivity index (χ1) is 8.67. The largest absolute Gasteiger partial charge is 0.487 e. The van der Waals surface area contributed by atoms with Crippen LogP contribution in [0.5, 0.6) is 5.75 Å². The van der Waals surface area contributed by atoms with E-state index < -0.39 is 0 Å². The molecule has 1 saturated heterocycles. The highest BCUT2D eigenvalue weighted by molar-refractivity contribution is 5.39. The van der Waals surface area contributed by atoms with Crippen molar-refractivity contribution in [2.45, 2.75) is 38.4 Å². The molecule has 3 aliphatic rings. The van der Waals surface area contributed by atoms with Crippen molar-refractivity contribution in [2.24, 2.45) is 17.8 Å². The molecule has 0 N–H and O–H groups in total. The minimum Gasteiger partial charge on any atom is -0.487 e. The van der Waals surface area contributed by atoms with Gasteiger partial charge in [0.15, 0.2) is 0 Å². The molecule has 2 unspecified atom stereocenters. The van der Waals surface area contributed by atoms with Crippen molar-refractivity contribution in [1.82, 2.24) is 0 Å². The van der Waals surface area contributed by atoms with Gasteiger partial charge in [0, 0.05) is 11.5 Å². The second-order valence-electron chi connectivity index (χ2n) is 6.49. The van der Waals surface area contributed by atoms with Crippen molar-refractivity contribution in [2.75, 3.05) is 6.61 Å². The van der Waals surface area contributed by atoms with E-state index in [4.69, 9.17) is 9.47 Å². The molecular weight excluding hydrogens is 224 g/mol. The minimum absolute atomic E-state index is 0.0324. The van der Waals surface area contributed by atoms with Crippen LogP contribution >= 0.6 is 0 Å². The lowest BCUT2D eigenvalue weighted by atomic mass is 9.62. The van der Waals surface area contributed by atoms with Crippen LogP contribution in [0, 0.1) is 17.8 Å². The number of ether oxygens (including phenoxy) is 2. The topological polar surface area (TPSA) is 18.5 Å². The van der Waals surface area contributed by atoms with Crippen LogP contribution in [0.3, 0.4) is 0 Å². The molecule has 1 aromatic carbocycles. The molecule has 2 fully saturated rings. The predicted octanol–water partition coefficient (Wildman–Crippen LogP) is 3.57. The number of rotatable bonds is 0. The van der Waals surface area contributed by atoms with E-state index in [9.17, 15) is 0 Å². The van der Waals surface area contributed by atoms with Gasteiger partial charge in [0.05, 0.1) is 12.7 Å². The van der Waals surface area contributed by atoms with Crippen LogP contribution in [0.2, 0.25) is 0 Å².